The third-order valence-corrected chi connectivity index (χ3v) is 5.69. The Morgan fingerprint density at radius 3 is 2.45 bits per heavy atom. The number of aromatic nitrogens is 2. The first-order valence-electron chi connectivity index (χ1n) is 9.95. The molecule has 164 valence electrons. The van der Waals surface area contributed by atoms with Crippen molar-refractivity contribution in [3.05, 3.63) is 77.5 Å². The van der Waals surface area contributed by atoms with Gasteiger partial charge in [0.2, 0.25) is 5.03 Å². The number of likely N-dealkylation sites (N-methyl/N-ethyl adjacent to an activating group) is 1. The Balaban J connectivity index is 0.000000229. The SMILES string of the molecule is CCN1CCc2cc(NCc3ccccc3)ccc2C1=O.Cn1ccc(S(=O)(=O)O)n1. The van der Waals surface area contributed by atoms with Crippen LogP contribution in [0.15, 0.2) is 65.8 Å². The molecule has 9 heteroatoms. The van der Waals surface area contributed by atoms with Gasteiger partial charge in [0.25, 0.3) is 5.91 Å². The Kier molecular flexibility index (Phi) is 7.09. The van der Waals surface area contributed by atoms with Crippen LogP contribution in [0.1, 0.15) is 28.4 Å². The predicted octanol–water partition coefficient (Wildman–Crippen LogP) is 2.98. The van der Waals surface area contributed by atoms with Gasteiger partial charge in [0, 0.05) is 44.1 Å². The van der Waals surface area contributed by atoms with Crippen LogP contribution >= 0.6 is 0 Å². The maximum Gasteiger partial charge on any atom is 0.313 e. The first kappa shape index (κ1) is 22.5. The summed E-state index contributed by atoms with van der Waals surface area (Å²) in [5.74, 6) is 0.161. The summed E-state index contributed by atoms with van der Waals surface area (Å²) in [6.07, 6.45) is 2.37. The molecule has 1 amide bonds. The van der Waals surface area contributed by atoms with Gasteiger partial charge >= 0.3 is 10.1 Å². The van der Waals surface area contributed by atoms with Gasteiger partial charge in [-0.1, -0.05) is 30.3 Å². The van der Waals surface area contributed by atoms with Gasteiger partial charge in [-0.3, -0.25) is 14.0 Å². The second-order valence-corrected chi connectivity index (χ2v) is 8.52. The number of nitrogens with zero attached hydrogens (tertiary/aromatic N) is 3. The van der Waals surface area contributed by atoms with Crippen LogP contribution in [0, 0.1) is 0 Å². The van der Waals surface area contributed by atoms with Crippen molar-refractivity contribution in [2.45, 2.75) is 24.9 Å². The summed E-state index contributed by atoms with van der Waals surface area (Å²) in [6, 6.07) is 17.6. The molecule has 2 N–H and O–H groups in total. The maximum atomic E-state index is 12.2. The number of rotatable bonds is 5. The second-order valence-electron chi connectivity index (χ2n) is 7.15. The van der Waals surface area contributed by atoms with E-state index >= 15 is 0 Å². The molecule has 0 fully saturated rings. The molecule has 31 heavy (non-hydrogen) atoms. The Hall–Kier alpha value is -3.17. The Bertz CT molecular complexity index is 1140. The molecule has 0 spiro atoms. The van der Waals surface area contributed by atoms with Crippen molar-refractivity contribution in [3.63, 3.8) is 0 Å². The average molecular weight is 443 g/mol. The molecule has 1 aliphatic heterocycles. The lowest BCUT2D eigenvalue weighted by molar-refractivity contribution is 0.0749. The predicted molar refractivity (Wildman–Crippen MR) is 119 cm³/mol. The Labute approximate surface area is 182 Å². The van der Waals surface area contributed by atoms with Crippen LogP contribution in [0.25, 0.3) is 0 Å². The van der Waals surface area contributed by atoms with Gasteiger partial charge in [-0.05, 0) is 48.7 Å². The lowest BCUT2D eigenvalue weighted by Crippen LogP contribution is -2.37. The third kappa shape index (κ3) is 5.93. The molecule has 4 rings (SSSR count). The summed E-state index contributed by atoms with van der Waals surface area (Å²) < 4.78 is 30.3. The smallest absolute Gasteiger partial charge is 0.313 e. The number of fused-ring (bicyclic) bond motifs is 1. The summed E-state index contributed by atoms with van der Waals surface area (Å²) in [4.78, 5) is 14.1. The van der Waals surface area contributed by atoms with E-state index in [4.69, 9.17) is 4.55 Å². The van der Waals surface area contributed by atoms with Gasteiger partial charge < -0.3 is 10.2 Å². The first-order valence-corrected chi connectivity index (χ1v) is 11.4. The van der Waals surface area contributed by atoms with Crippen molar-refractivity contribution in [2.24, 2.45) is 7.05 Å². The molecule has 0 unspecified atom stereocenters. The van der Waals surface area contributed by atoms with Gasteiger partial charge in [-0.15, -0.1) is 0 Å². The number of carbonyl (C=O) groups excluding carboxylic acids is 1. The van der Waals surface area contributed by atoms with Crippen LogP contribution < -0.4 is 5.32 Å². The highest BCUT2D eigenvalue weighted by molar-refractivity contribution is 7.85. The molecule has 0 saturated carbocycles. The quantitative estimate of drug-likeness (QED) is 0.589. The maximum absolute atomic E-state index is 12.2. The number of hydrogen-bond acceptors (Lipinski definition) is 5. The molecule has 8 nitrogen and oxygen atoms in total. The van der Waals surface area contributed by atoms with Crippen LogP contribution in [0.4, 0.5) is 5.69 Å². The highest BCUT2D eigenvalue weighted by Gasteiger charge is 2.22. The van der Waals surface area contributed by atoms with E-state index in [1.807, 2.05) is 42.2 Å². The standard InChI is InChI=1S/C18H20N2O.C4H6N2O3S/c1-2-20-11-10-15-12-16(8-9-17(15)18(20)21)19-13-14-6-4-3-5-7-14;1-6-3-2-4(5-6)10(7,8)9/h3-9,12,19H,2,10-11,13H2,1H3;2-3H,1H3,(H,7,8,9). The molecular formula is C22H26N4O4S. The normalized spacial score (nSPS) is 13.3. The van der Waals surface area contributed by atoms with Crippen molar-refractivity contribution in [1.82, 2.24) is 14.7 Å². The van der Waals surface area contributed by atoms with Gasteiger partial charge in [0.15, 0.2) is 0 Å². The molecule has 0 saturated heterocycles. The molecule has 0 aliphatic carbocycles. The summed E-state index contributed by atoms with van der Waals surface area (Å²) in [7, 11) is -2.55. The van der Waals surface area contributed by atoms with Crippen LogP contribution in [0.2, 0.25) is 0 Å². The van der Waals surface area contributed by atoms with E-state index in [0.29, 0.717) is 0 Å². The number of carbonyl (C=O) groups is 1. The Morgan fingerprint density at radius 2 is 1.87 bits per heavy atom. The van der Waals surface area contributed by atoms with Crippen LogP contribution in [-0.4, -0.2) is 46.6 Å². The number of aryl methyl sites for hydroxylation is 1. The Morgan fingerprint density at radius 1 is 1.13 bits per heavy atom. The molecular weight excluding hydrogens is 416 g/mol. The lowest BCUT2D eigenvalue weighted by atomic mass is 9.98. The number of nitrogens with one attached hydrogen (secondary N) is 1. The number of amides is 1. The van der Waals surface area contributed by atoms with E-state index in [-0.39, 0.29) is 10.9 Å². The molecule has 0 bridgehead atoms. The molecule has 3 aromatic rings. The molecule has 2 aromatic carbocycles. The van der Waals surface area contributed by atoms with E-state index in [1.165, 1.54) is 22.5 Å². The highest BCUT2D eigenvalue weighted by Crippen LogP contribution is 2.23. The zero-order valence-electron chi connectivity index (χ0n) is 17.5. The van der Waals surface area contributed by atoms with E-state index in [2.05, 4.69) is 28.6 Å². The monoisotopic (exact) mass is 442 g/mol. The molecule has 2 heterocycles. The fourth-order valence-electron chi connectivity index (χ4n) is 3.28. The number of hydrogen-bond donors (Lipinski definition) is 2. The van der Waals surface area contributed by atoms with Crippen molar-refractivity contribution in [1.29, 1.82) is 0 Å². The largest absolute Gasteiger partial charge is 0.381 e. The molecule has 0 atom stereocenters. The summed E-state index contributed by atoms with van der Waals surface area (Å²) in [5.41, 5.74) is 4.34. The van der Waals surface area contributed by atoms with Gasteiger partial charge in [-0.2, -0.15) is 13.5 Å². The molecule has 1 aliphatic rings. The zero-order chi connectivity index (χ0) is 22.4. The van der Waals surface area contributed by atoms with Crippen molar-refractivity contribution in [2.75, 3.05) is 18.4 Å². The van der Waals surface area contributed by atoms with Crippen molar-refractivity contribution < 1.29 is 17.8 Å². The zero-order valence-corrected chi connectivity index (χ0v) is 18.3. The summed E-state index contributed by atoms with van der Waals surface area (Å²) >= 11 is 0. The van der Waals surface area contributed by atoms with Crippen molar-refractivity contribution in [3.8, 4) is 0 Å². The van der Waals surface area contributed by atoms with E-state index in [1.54, 1.807) is 7.05 Å². The van der Waals surface area contributed by atoms with E-state index in [9.17, 15) is 13.2 Å². The number of anilines is 1. The average Bonchev–Trinajstić information content (AvgIpc) is 3.21. The van der Waals surface area contributed by atoms with Crippen molar-refractivity contribution >= 4 is 21.7 Å². The minimum absolute atomic E-state index is 0.161. The summed E-state index contributed by atoms with van der Waals surface area (Å²) in [6.45, 7) is 4.43. The highest BCUT2D eigenvalue weighted by atomic mass is 32.2. The van der Waals surface area contributed by atoms with E-state index < -0.39 is 10.1 Å². The van der Waals surface area contributed by atoms with Gasteiger partial charge in [0.05, 0.1) is 0 Å². The number of benzene rings is 2. The van der Waals surface area contributed by atoms with Crippen LogP contribution in [0.3, 0.4) is 0 Å². The topological polar surface area (TPSA) is 105 Å². The molecule has 1 aromatic heterocycles. The lowest BCUT2D eigenvalue weighted by Gasteiger charge is -2.27. The van der Waals surface area contributed by atoms with Crippen LogP contribution in [-0.2, 0) is 30.1 Å². The van der Waals surface area contributed by atoms with Gasteiger partial charge in [-0.25, -0.2) is 0 Å². The minimum Gasteiger partial charge on any atom is -0.381 e. The first-order chi connectivity index (χ1) is 14.8. The minimum atomic E-state index is -4.11. The second kappa shape index (κ2) is 9.76. The fraction of sp³-hybridized carbons (Fsp3) is 0.273. The fourth-order valence-corrected chi connectivity index (χ4v) is 3.74. The van der Waals surface area contributed by atoms with Crippen LogP contribution in [0.5, 0.6) is 0 Å². The van der Waals surface area contributed by atoms with E-state index in [0.717, 1.165) is 42.9 Å². The van der Waals surface area contributed by atoms with Gasteiger partial charge in [0.1, 0.15) is 0 Å². The summed E-state index contributed by atoms with van der Waals surface area (Å²) in [5, 5.41) is 6.56. The third-order valence-electron chi connectivity index (χ3n) is 4.95. The molecule has 0 radical (unpaired) electrons.